The van der Waals surface area contributed by atoms with Crippen LogP contribution in [0.15, 0.2) is 0 Å². The molecule has 114 valence electrons. The number of unbranched alkanes of at least 4 members (excludes halogenated alkanes) is 3. The highest BCUT2D eigenvalue weighted by Crippen LogP contribution is 2.22. The highest BCUT2D eigenvalue weighted by Gasteiger charge is 2.09. The molecule has 0 aliphatic carbocycles. The standard InChI is InChI=1S/C16H34N2O/c1-16(2,3)8-6-4-5-7-14-19-15-13-18-11-9-17-10-12-18/h17H,4-15H2,1-3H3. The fourth-order valence-corrected chi connectivity index (χ4v) is 2.44. The summed E-state index contributed by atoms with van der Waals surface area (Å²) in [6.45, 7) is 14.5. The molecule has 0 aromatic rings. The highest BCUT2D eigenvalue weighted by molar-refractivity contribution is 4.66. The Morgan fingerprint density at radius 2 is 1.63 bits per heavy atom. The van der Waals surface area contributed by atoms with Gasteiger partial charge in [0.2, 0.25) is 0 Å². The summed E-state index contributed by atoms with van der Waals surface area (Å²) in [5.41, 5.74) is 0.500. The number of nitrogens with one attached hydrogen (secondary N) is 1. The van der Waals surface area contributed by atoms with Crippen molar-refractivity contribution in [1.82, 2.24) is 10.2 Å². The highest BCUT2D eigenvalue weighted by atomic mass is 16.5. The van der Waals surface area contributed by atoms with E-state index >= 15 is 0 Å². The molecule has 0 amide bonds. The van der Waals surface area contributed by atoms with Crippen molar-refractivity contribution in [2.45, 2.75) is 52.9 Å². The summed E-state index contributed by atoms with van der Waals surface area (Å²) in [5, 5.41) is 3.37. The van der Waals surface area contributed by atoms with Gasteiger partial charge in [-0.25, -0.2) is 0 Å². The van der Waals surface area contributed by atoms with Crippen molar-refractivity contribution in [3.8, 4) is 0 Å². The number of ether oxygens (including phenoxy) is 1. The molecule has 0 saturated carbocycles. The van der Waals surface area contributed by atoms with Gasteiger partial charge in [0.05, 0.1) is 6.61 Å². The average Bonchev–Trinajstić information content (AvgIpc) is 2.37. The molecule has 1 heterocycles. The van der Waals surface area contributed by atoms with Gasteiger partial charge in [0.1, 0.15) is 0 Å². The van der Waals surface area contributed by atoms with E-state index in [1.807, 2.05) is 0 Å². The first-order valence-electron chi connectivity index (χ1n) is 8.09. The van der Waals surface area contributed by atoms with Gasteiger partial charge in [-0.15, -0.1) is 0 Å². The van der Waals surface area contributed by atoms with Crippen molar-refractivity contribution in [2.75, 3.05) is 45.9 Å². The fourth-order valence-electron chi connectivity index (χ4n) is 2.44. The molecule has 1 aliphatic heterocycles. The van der Waals surface area contributed by atoms with E-state index in [4.69, 9.17) is 4.74 Å². The third-order valence-corrected chi connectivity index (χ3v) is 3.73. The summed E-state index contributed by atoms with van der Waals surface area (Å²) in [4.78, 5) is 2.49. The van der Waals surface area contributed by atoms with Gasteiger partial charge < -0.3 is 10.1 Å². The molecule has 3 heteroatoms. The van der Waals surface area contributed by atoms with Crippen molar-refractivity contribution in [3.63, 3.8) is 0 Å². The Balaban J connectivity index is 1.78. The summed E-state index contributed by atoms with van der Waals surface area (Å²) in [7, 11) is 0. The van der Waals surface area contributed by atoms with E-state index < -0.39 is 0 Å². The normalized spacial score (nSPS) is 17.8. The second-order valence-electron chi connectivity index (χ2n) is 6.93. The molecular formula is C16H34N2O. The van der Waals surface area contributed by atoms with Crippen molar-refractivity contribution >= 4 is 0 Å². The van der Waals surface area contributed by atoms with Gasteiger partial charge in [-0.2, -0.15) is 0 Å². The maximum absolute atomic E-state index is 5.72. The maximum Gasteiger partial charge on any atom is 0.0593 e. The first-order valence-corrected chi connectivity index (χ1v) is 8.09. The summed E-state index contributed by atoms with van der Waals surface area (Å²) in [6, 6.07) is 0. The van der Waals surface area contributed by atoms with E-state index in [0.29, 0.717) is 5.41 Å². The Bertz CT molecular complexity index is 207. The minimum absolute atomic E-state index is 0.500. The molecule has 3 nitrogen and oxygen atoms in total. The van der Waals surface area contributed by atoms with Crippen molar-refractivity contribution in [1.29, 1.82) is 0 Å². The van der Waals surface area contributed by atoms with E-state index in [1.165, 1.54) is 45.2 Å². The number of hydrogen-bond acceptors (Lipinski definition) is 3. The van der Waals surface area contributed by atoms with Crippen molar-refractivity contribution in [3.05, 3.63) is 0 Å². The molecule has 1 aliphatic rings. The zero-order chi connectivity index (χ0) is 14.0. The Morgan fingerprint density at radius 3 is 2.32 bits per heavy atom. The van der Waals surface area contributed by atoms with E-state index in [9.17, 15) is 0 Å². The van der Waals surface area contributed by atoms with E-state index in [0.717, 1.165) is 32.8 Å². The van der Waals surface area contributed by atoms with Crippen LogP contribution in [0.2, 0.25) is 0 Å². The minimum Gasteiger partial charge on any atom is -0.380 e. The predicted octanol–water partition coefficient (Wildman–Crippen LogP) is 2.90. The molecule has 1 saturated heterocycles. The van der Waals surface area contributed by atoms with Crippen LogP contribution in [0.25, 0.3) is 0 Å². The fraction of sp³-hybridized carbons (Fsp3) is 1.00. The summed E-state index contributed by atoms with van der Waals surface area (Å²) in [6.07, 6.45) is 6.62. The zero-order valence-electron chi connectivity index (χ0n) is 13.3. The van der Waals surface area contributed by atoms with Crippen LogP contribution in [0.1, 0.15) is 52.9 Å². The van der Waals surface area contributed by atoms with Gasteiger partial charge in [-0.05, 0) is 18.3 Å². The monoisotopic (exact) mass is 270 g/mol. The molecule has 0 radical (unpaired) electrons. The Hall–Kier alpha value is -0.120. The first-order chi connectivity index (χ1) is 9.08. The van der Waals surface area contributed by atoms with Crippen LogP contribution in [0.3, 0.4) is 0 Å². The van der Waals surface area contributed by atoms with Crippen molar-refractivity contribution in [2.24, 2.45) is 5.41 Å². The number of hydrogen-bond donors (Lipinski definition) is 1. The lowest BCUT2D eigenvalue weighted by atomic mass is 9.89. The van der Waals surface area contributed by atoms with Gasteiger partial charge in [0, 0.05) is 39.3 Å². The Kier molecular flexibility index (Phi) is 8.67. The average molecular weight is 270 g/mol. The van der Waals surface area contributed by atoms with Gasteiger partial charge in [-0.1, -0.05) is 40.0 Å². The quantitative estimate of drug-likeness (QED) is 0.652. The van der Waals surface area contributed by atoms with Crippen LogP contribution in [0.5, 0.6) is 0 Å². The van der Waals surface area contributed by atoms with Crippen molar-refractivity contribution < 1.29 is 4.74 Å². The lowest BCUT2D eigenvalue weighted by Crippen LogP contribution is -2.44. The third kappa shape index (κ3) is 10.3. The molecule has 19 heavy (non-hydrogen) atoms. The predicted molar refractivity (Wildman–Crippen MR) is 82.7 cm³/mol. The van der Waals surface area contributed by atoms with Gasteiger partial charge in [0.15, 0.2) is 0 Å². The van der Waals surface area contributed by atoms with Gasteiger partial charge in [0.25, 0.3) is 0 Å². The van der Waals surface area contributed by atoms with Crippen LogP contribution < -0.4 is 5.32 Å². The first kappa shape index (κ1) is 16.9. The topological polar surface area (TPSA) is 24.5 Å². The lowest BCUT2D eigenvalue weighted by molar-refractivity contribution is 0.0961. The molecule has 0 bridgehead atoms. The summed E-state index contributed by atoms with van der Waals surface area (Å²) < 4.78 is 5.72. The maximum atomic E-state index is 5.72. The molecule has 0 atom stereocenters. The number of rotatable bonds is 9. The molecule has 1 rings (SSSR count). The van der Waals surface area contributed by atoms with Crippen LogP contribution in [-0.2, 0) is 4.74 Å². The second kappa shape index (κ2) is 9.73. The molecule has 0 aromatic carbocycles. The van der Waals surface area contributed by atoms with Crippen LogP contribution in [0, 0.1) is 5.41 Å². The largest absolute Gasteiger partial charge is 0.380 e. The number of nitrogens with zero attached hydrogens (tertiary/aromatic N) is 1. The summed E-state index contributed by atoms with van der Waals surface area (Å²) >= 11 is 0. The van der Waals surface area contributed by atoms with E-state index in [2.05, 4.69) is 31.0 Å². The molecule has 1 fully saturated rings. The van der Waals surface area contributed by atoms with Crippen LogP contribution in [0.4, 0.5) is 0 Å². The summed E-state index contributed by atoms with van der Waals surface area (Å²) in [5.74, 6) is 0. The second-order valence-corrected chi connectivity index (χ2v) is 6.93. The molecule has 0 aromatic heterocycles. The van der Waals surface area contributed by atoms with Crippen LogP contribution in [-0.4, -0.2) is 50.8 Å². The zero-order valence-corrected chi connectivity index (χ0v) is 13.3. The SMILES string of the molecule is CC(C)(C)CCCCCCOCCN1CCNCC1. The molecule has 0 spiro atoms. The Labute approximate surface area is 120 Å². The third-order valence-electron chi connectivity index (χ3n) is 3.73. The van der Waals surface area contributed by atoms with E-state index in [-0.39, 0.29) is 0 Å². The van der Waals surface area contributed by atoms with Crippen LogP contribution >= 0.6 is 0 Å². The minimum atomic E-state index is 0.500. The molecular weight excluding hydrogens is 236 g/mol. The van der Waals surface area contributed by atoms with E-state index in [1.54, 1.807) is 0 Å². The van der Waals surface area contributed by atoms with Gasteiger partial charge in [-0.3, -0.25) is 4.90 Å². The smallest absolute Gasteiger partial charge is 0.0593 e. The van der Waals surface area contributed by atoms with Gasteiger partial charge >= 0.3 is 0 Å². The lowest BCUT2D eigenvalue weighted by Gasteiger charge is -2.26. The Morgan fingerprint density at radius 1 is 0.947 bits per heavy atom. The number of piperazine rings is 1. The molecule has 0 unspecified atom stereocenters. The molecule has 1 N–H and O–H groups in total.